The molecule has 174 valence electrons. The third-order valence-electron chi connectivity index (χ3n) is 5.93. The highest BCUT2D eigenvalue weighted by atomic mass is 16.4. The van der Waals surface area contributed by atoms with Crippen LogP contribution in [-0.4, -0.2) is 16.2 Å². The molecule has 1 unspecified atom stereocenters. The number of carbonyl (C=O) groups is 1. The summed E-state index contributed by atoms with van der Waals surface area (Å²) in [6.45, 7) is 12.6. The maximum atomic E-state index is 12.4. The van der Waals surface area contributed by atoms with Crippen molar-refractivity contribution in [2.45, 2.75) is 65.0 Å². The second-order valence-corrected chi connectivity index (χ2v) is 10.6. The van der Waals surface area contributed by atoms with Crippen molar-refractivity contribution in [3.05, 3.63) is 89.0 Å². The molecule has 0 aliphatic heterocycles. The van der Waals surface area contributed by atoms with E-state index in [0.717, 1.165) is 27.8 Å². The lowest BCUT2D eigenvalue weighted by Gasteiger charge is -2.29. The van der Waals surface area contributed by atoms with Crippen LogP contribution in [0.2, 0.25) is 0 Å². The smallest absolute Gasteiger partial charge is 0.325 e. The number of phenols is 1. The Balaban J connectivity index is 2.01. The molecule has 1 atom stereocenters. The van der Waals surface area contributed by atoms with Gasteiger partial charge in [0, 0.05) is 6.54 Å². The number of carboxylic acid groups (broad SMARTS) is 1. The van der Waals surface area contributed by atoms with Crippen molar-refractivity contribution in [3.63, 3.8) is 0 Å². The van der Waals surface area contributed by atoms with Gasteiger partial charge in [0.05, 0.1) is 0 Å². The first-order valence-electron chi connectivity index (χ1n) is 11.4. The Morgan fingerprint density at radius 3 is 1.88 bits per heavy atom. The maximum absolute atomic E-state index is 12.4. The SMILES string of the molecule is CC(C)(C)c1cc(C(NCc2ccccc2-c2ccccc2)C(=O)O)cc(C(C)(C)C)c1O. The molecule has 4 nitrogen and oxygen atoms in total. The van der Waals surface area contributed by atoms with Gasteiger partial charge in [-0.15, -0.1) is 0 Å². The number of rotatable bonds is 6. The second-order valence-electron chi connectivity index (χ2n) is 10.6. The van der Waals surface area contributed by atoms with E-state index in [1.807, 2.05) is 90.1 Å². The predicted molar refractivity (Wildman–Crippen MR) is 135 cm³/mol. The van der Waals surface area contributed by atoms with E-state index in [4.69, 9.17) is 0 Å². The topological polar surface area (TPSA) is 69.6 Å². The summed E-state index contributed by atoms with van der Waals surface area (Å²) in [6, 6.07) is 20.9. The molecule has 0 amide bonds. The van der Waals surface area contributed by atoms with Crippen LogP contribution in [0.3, 0.4) is 0 Å². The van der Waals surface area contributed by atoms with E-state index < -0.39 is 12.0 Å². The molecule has 0 aromatic heterocycles. The number of hydrogen-bond donors (Lipinski definition) is 3. The molecule has 0 saturated carbocycles. The van der Waals surface area contributed by atoms with Crippen molar-refractivity contribution in [1.82, 2.24) is 5.32 Å². The zero-order chi connectivity index (χ0) is 24.4. The molecule has 0 saturated heterocycles. The Kier molecular flexibility index (Phi) is 6.99. The van der Waals surface area contributed by atoms with E-state index in [9.17, 15) is 15.0 Å². The third-order valence-corrected chi connectivity index (χ3v) is 5.93. The standard InChI is InChI=1S/C29H35NO3/c1-28(2,3)23-16-21(17-24(26(23)31)29(4,5)6)25(27(32)33)30-18-20-14-10-11-15-22(20)19-12-8-7-9-13-19/h7-17,25,30-31H,18H2,1-6H3,(H,32,33). The normalized spacial score (nSPS) is 13.0. The van der Waals surface area contributed by atoms with Crippen molar-refractivity contribution in [2.24, 2.45) is 0 Å². The molecule has 33 heavy (non-hydrogen) atoms. The van der Waals surface area contributed by atoms with E-state index in [1.54, 1.807) is 0 Å². The van der Waals surface area contributed by atoms with Gasteiger partial charge in [0.25, 0.3) is 0 Å². The summed E-state index contributed by atoms with van der Waals surface area (Å²) in [5, 5.41) is 24.4. The lowest BCUT2D eigenvalue weighted by atomic mass is 9.77. The average molecular weight is 446 g/mol. The minimum Gasteiger partial charge on any atom is -0.507 e. The van der Waals surface area contributed by atoms with Crippen LogP contribution in [0.4, 0.5) is 0 Å². The highest BCUT2D eigenvalue weighted by Gasteiger charge is 2.30. The van der Waals surface area contributed by atoms with Gasteiger partial charge in [0.1, 0.15) is 11.8 Å². The molecule has 0 heterocycles. The van der Waals surface area contributed by atoms with Gasteiger partial charge >= 0.3 is 5.97 Å². The van der Waals surface area contributed by atoms with Crippen LogP contribution in [0.25, 0.3) is 11.1 Å². The number of aromatic hydroxyl groups is 1. The third kappa shape index (κ3) is 5.63. The van der Waals surface area contributed by atoms with E-state index in [-0.39, 0.29) is 16.6 Å². The largest absolute Gasteiger partial charge is 0.507 e. The molecule has 0 aliphatic rings. The fraction of sp³-hybridized carbons (Fsp3) is 0.345. The predicted octanol–water partition coefficient (Wildman–Crippen LogP) is 6.57. The van der Waals surface area contributed by atoms with Gasteiger partial charge in [0.2, 0.25) is 0 Å². The van der Waals surface area contributed by atoms with E-state index >= 15 is 0 Å². The Bertz CT molecular complexity index is 1090. The van der Waals surface area contributed by atoms with Crippen LogP contribution >= 0.6 is 0 Å². The van der Waals surface area contributed by atoms with E-state index in [1.165, 1.54) is 0 Å². The number of phenolic OH excluding ortho intramolecular Hbond substituents is 1. The minimum absolute atomic E-state index is 0.248. The molecule has 3 aromatic rings. The average Bonchev–Trinajstić information content (AvgIpc) is 2.73. The summed E-state index contributed by atoms with van der Waals surface area (Å²) in [5.74, 6) is -0.699. The summed E-state index contributed by atoms with van der Waals surface area (Å²) in [6.07, 6.45) is 0. The molecule has 3 N–H and O–H groups in total. The van der Waals surface area contributed by atoms with Gasteiger partial charge in [-0.05, 0) is 56.3 Å². The summed E-state index contributed by atoms with van der Waals surface area (Å²) in [4.78, 5) is 12.4. The molecule has 0 radical (unpaired) electrons. The Morgan fingerprint density at radius 1 is 0.848 bits per heavy atom. The van der Waals surface area contributed by atoms with Gasteiger partial charge in [0.15, 0.2) is 0 Å². The Labute approximate surface area is 197 Å². The van der Waals surface area contributed by atoms with Gasteiger partial charge < -0.3 is 10.2 Å². The number of hydrogen-bond acceptors (Lipinski definition) is 3. The fourth-order valence-electron chi connectivity index (χ4n) is 4.10. The first-order valence-corrected chi connectivity index (χ1v) is 11.4. The number of nitrogens with one attached hydrogen (secondary N) is 1. The number of aliphatic carboxylic acids is 1. The first-order chi connectivity index (χ1) is 15.4. The van der Waals surface area contributed by atoms with Crippen LogP contribution in [-0.2, 0) is 22.2 Å². The summed E-state index contributed by atoms with van der Waals surface area (Å²) in [7, 11) is 0. The molecular weight excluding hydrogens is 410 g/mol. The number of benzene rings is 3. The van der Waals surface area contributed by atoms with Crippen LogP contribution in [0.15, 0.2) is 66.7 Å². The van der Waals surface area contributed by atoms with Crippen molar-refractivity contribution in [2.75, 3.05) is 0 Å². The maximum Gasteiger partial charge on any atom is 0.325 e. The fourth-order valence-corrected chi connectivity index (χ4v) is 4.10. The molecule has 4 heteroatoms. The molecule has 3 rings (SSSR count). The quantitative estimate of drug-likeness (QED) is 0.401. The van der Waals surface area contributed by atoms with Crippen molar-refractivity contribution in [1.29, 1.82) is 0 Å². The molecule has 0 spiro atoms. The molecule has 3 aromatic carbocycles. The van der Waals surface area contributed by atoms with E-state index in [0.29, 0.717) is 12.1 Å². The molecular formula is C29H35NO3. The zero-order valence-corrected chi connectivity index (χ0v) is 20.4. The molecule has 0 bridgehead atoms. The summed E-state index contributed by atoms with van der Waals surface area (Å²) >= 11 is 0. The Hall–Kier alpha value is -3.11. The summed E-state index contributed by atoms with van der Waals surface area (Å²) in [5.41, 5.74) is 4.69. The van der Waals surface area contributed by atoms with Gasteiger partial charge in [-0.1, -0.05) is 96.1 Å². The van der Waals surface area contributed by atoms with Crippen LogP contribution in [0, 0.1) is 0 Å². The van der Waals surface area contributed by atoms with Gasteiger partial charge in [-0.25, -0.2) is 0 Å². The number of carboxylic acids is 1. The van der Waals surface area contributed by atoms with Crippen LogP contribution in [0.5, 0.6) is 5.75 Å². The summed E-state index contributed by atoms with van der Waals surface area (Å²) < 4.78 is 0. The highest BCUT2D eigenvalue weighted by molar-refractivity contribution is 5.76. The van der Waals surface area contributed by atoms with Crippen molar-refractivity contribution >= 4 is 5.97 Å². The van der Waals surface area contributed by atoms with Crippen molar-refractivity contribution < 1.29 is 15.0 Å². The Morgan fingerprint density at radius 2 is 1.36 bits per heavy atom. The highest BCUT2D eigenvalue weighted by Crippen LogP contribution is 2.41. The van der Waals surface area contributed by atoms with Gasteiger partial charge in [-0.2, -0.15) is 0 Å². The first kappa shape index (κ1) is 24.5. The van der Waals surface area contributed by atoms with E-state index in [2.05, 4.69) is 23.5 Å². The monoisotopic (exact) mass is 445 g/mol. The molecule has 0 aliphatic carbocycles. The zero-order valence-electron chi connectivity index (χ0n) is 20.4. The second kappa shape index (κ2) is 9.40. The van der Waals surface area contributed by atoms with Crippen LogP contribution < -0.4 is 5.32 Å². The minimum atomic E-state index is -0.947. The lowest BCUT2D eigenvalue weighted by Crippen LogP contribution is -2.29. The van der Waals surface area contributed by atoms with Crippen molar-refractivity contribution in [3.8, 4) is 16.9 Å². The molecule has 0 fully saturated rings. The lowest BCUT2D eigenvalue weighted by molar-refractivity contribution is -0.139. The van der Waals surface area contributed by atoms with Crippen LogP contribution in [0.1, 0.15) is 69.8 Å². The van der Waals surface area contributed by atoms with Gasteiger partial charge in [-0.3, -0.25) is 10.1 Å².